The number of anilines is 2. The molecule has 2 aliphatic heterocycles. The highest BCUT2D eigenvalue weighted by molar-refractivity contribution is 6.42. The predicted octanol–water partition coefficient (Wildman–Crippen LogP) is 4.92. The highest BCUT2D eigenvalue weighted by Gasteiger charge is 2.28. The standard InChI is InChI=1S/C21H17Cl2FN4O2/c1-21(6-7-25-11-21)5-4-13-8-17-14(9-18(13)28(29)30)10-26-12-27(17)16-3-2-15(22)19(23)20(16)24/h2-3,8-10,25H,6-7,11-12H2,1H3. The number of halogens is 3. The summed E-state index contributed by atoms with van der Waals surface area (Å²) in [4.78, 5) is 17.0. The molecule has 2 aromatic carbocycles. The van der Waals surface area contributed by atoms with Crippen LogP contribution in [0.25, 0.3) is 0 Å². The van der Waals surface area contributed by atoms with Crippen molar-refractivity contribution >= 4 is 46.5 Å². The van der Waals surface area contributed by atoms with Gasteiger partial charge >= 0.3 is 0 Å². The molecule has 1 fully saturated rings. The first-order valence-electron chi connectivity index (χ1n) is 9.26. The molecule has 1 N–H and O–H groups in total. The van der Waals surface area contributed by atoms with E-state index in [-0.39, 0.29) is 39.1 Å². The second-order valence-corrected chi connectivity index (χ2v) is 8.28. The van der Waals surface area contributed by atoms with Gasteiger partial charge in [-0.2, -0.15) is 0 Å². The molecule has 0 aliphatic carbocycles. The van der Waals surface area contributed by atoms with Gasteiger partial charge in [-0.05, 0) is 38.1 Å². The molecule has 2 aliphatic rings. The molecule has 6 nitrogen and oxygen atoms in total. The van der Waals surface area contributed by atoms with Crippen LogP contribution in [0.5, 0.6) is 0 Å². The third-order valence-corrected chi connectivity index (χ3v) is 6.04. The first-order chi connectivity index (χ1) is 14.3. The van der Waals surface area contributed by atoms with E-state index in [1.807, 2.05) is 6.92 Å². The van der Waals surface area contributed by atoms with Crippen molar-refractivity contribution in [1.82, 2.24) is 5.32 Å². The maximum Gasteiger partial charge on any atom is 0.285 e. The fraction of sp³-hybridized carbons (Fsp3) is 0.286. The molecule has 1 atom stereocenters. The zero-order valence-electron chi connectivity index (χ0n) is 16.0. The lowest BCUT2D eigenvalue weighted by Crippen LogP contribution is -2.23. The Bertz CT molecular complexity index is 1130. The summed E-state index contributed by atoms with van der Waals surface area (Å²) in [5, 5.41) is 14.8. The number of fused-ring (bicyclic) bond motifs is 1. The maximum atomic E-state index is 14.8. The fourth-order valence-corrected chi connectivity index (χ4v) is 3.86. The second-order valence-electron chi connectivity index (χ2n) is 7.50. The van der Waals surface area contributed by atoms with E-state index in [1.54, 1.807) is 11.0 Å². The number of nitro groups is 1. The molecule has 4 rings (SSSR count). The van der Waals surface area contributed by atoms with Gasteiger partial charge in [-0.25, -0.2) is 4.39 Å². The number of nitrogens with one attached hydrogen (secondary N) is 1. The lowest BCUT2D eigenvalue weighted by Gasteiger charge is -2.28. The second kappa shape index (κ2) is 7.88. The number of rotatable bonds is 2. The van der Waals surface area contributed by atoms with Gasteiger partial charge in [-0.1, -0.05) is 35.0 Å². The van der Waals surface area contributed by atoms with Crippen LogP contribution in [0.3, 0.4) is 0 Å². The van der Waals surface area contributed by atoms with Crippen LogP contribution >= 0.6 is 23.2 Å². The van der Waals surface area contributed by atoms with Crippen LogP contribution in [0, 0.1) is 33.2 Å². The molecule has 1 unspecified atom stereocenters. The van der Waals surface area contributed by atoms with Crippen molar-refractivity contribution in [2.24, 2.45) is 10.4 Å². The molecule has 2 heterocycles. The minimum Gasteiger partial charge on any atom is -0.318 e. The zero-order chi connectivity index (χ0) is 21.5. The smallest absolute Gasteiger partial charge is 0.285 e. The summed E-state index contributed by atoms with van der Waals surface area (Å²) in [6, 6.07) is 6.03. The highest BCUT2D eigenvalue weighted by Crippen LogP contribution is 2.39. The number of benzene rings is 2. The topological polar surface area (TPSA) is 70.8 Å². The Labute approximate surface area is 182 Å². The quantitative estimate of drug-likeness (QED) is 0.307. The normalized spacial score (nSPS) is 19.9. The molecule has 1 saturated heterocycles. The summed E-state index contributed by atoms with van der Waals surface area (Å²) < 4.78 is 14.8. The first-order valence-corrected chi connectivity index (χ1v) is 10.0. The van der Waals surface area contributed by atoms with E-state index < -0.39 is 10.7 Å². The van der Waals surface area contributed by atoms with E-state index in [0.717, 1.165) is 19.5 Å². The Balaban J connectivity index is 1.84. The van der Waals surface area contributed by atoms with E-state index in [0.29, 0.717) is 11.3 Å². The highest BCUT2D eigenvalue weighted by atomic mass is 35.5. The van der Waals surface area contributed by atoms with Gasteiger partial charge in [-0.15, -0.1) is 0 Å². The summed E-state index contributed by atoms with van der Waals surface area (Å²) in [5.74, 6) is 5.49. The van der Waals surface area contributed by atoms with Crippen LogP contribution in [-0.4, -0.2) is 30.9 Å². The van der Waals surface area contributed by atoms with E-state index >= 15 is 0 Å². The van der Waals surface area contributed by atoms with Crippen LogP contribution < -0.4 is 10.2 Å². The van der Waals surface area contributed by atoms with Gasteiger partial charge in [0, 0.05) is 29.8 Å². The van der Waals surface area contributed by atoms with E-state index in [1.165, 1.54) is 24.4 Å². The van der Waals surface area contributed by atoms with Crippen molar-refractivity contribution in [2.75, 3.05) is 24.7 Å². The van der Waals surface area contributed by atoms with Gasteiger partial charge in [0.2, 0.25) is 0 Å². The molecule has 30 heavy (non-hydrogen) atoms. The van der Waals surface area contributed by atoms with Gasteiger partial charge in [0.15, 0.2) is 5.82 Å². The molecular weight excluding hydrogens is 430 g/mol. The Morgan fingerprint density at radius 1 is 1.33 bits per heavy atom. The van der Waals surface area contributed by atoms with Gasteiger partial charge < -0.3 is 10.2 Å². The van der Waals surface area contributed by atoms with Crippen molar-refractivity contribution < 1.29 is 9.31 Å². The van der Waals surface area contributed by atoms with Gasteiger partial charge in [0.25, 0.3) is 5.69 Å². The monoisotopic (exact) mass is 446 g/mol. The lowest BCUT2D eigenvalue weighted by atomic mass is 9.90. The van der Waals surface area contributed by atoms with E-state index in [4.69, 9.17) is 23.2 Å². The average molecular weight is 447 g/mol. The molecule has 0 radical (unpaired) electrons. The summed E-state index contributed by atoms with van der Waals surface area (Å²) in [6.07, 6.45) is 2.40. The Hall–Kier alpha value is -2.66. The summed E-state index contributed by atoms with van der Waals surface area (Å²) in [5.41, 5.74) is 1.15. The first kappa shape index (κ1) is 20.6. The number of hydrogen-bond donors (Lipinski definition) is 1. The van der Waals surface area contributed by atoms with E-state index in [9.17, 15) is 14.5 Å². The van der Waals surface area contributed by atoms with Gasteiger partial charge in [0.05, 0.1) is 26.3 Å². The molecule has 0 bridgehead atoms. The van der Waals surface area contributed by atoms with Crippen molar-refractivity contribution in [2.45, 2.75) is 13.3 Å². The van der Waals surface area contributed by atoms with Crippen LogP contribution in [0.15, 0.2) is 29.3 Å². The average Bonchev–Trinajstić information content (AvgIpc) is 3.16. The Morgan fingerprint density at radius 3 is 2.83 bits per heavy atom. The SMILES string of the molecule is CC1(C#Cc2cc3c(cc2[N+](=O)[O-])C=NCN3c2ccc(Cl)c(Cl)c2F)CCNC1. The van der Waals surface area contributed by atoms with Crippen LogP contribution in [-0.2, 0) is 0 Å². The number of nitro benzene ring substituents is 1. The molecule has 0 saturated carbocycles. The van der Waals surface area contributed by atoms with E-state index in [2.05, 4.69) is 22.2 Å². The third kappa shape index (κ3) is 3.74. The molecule has 154 valence electrons. The fourth-order valence-electron chi connectivity index (χ4n) is 3.55. The number of aliphatic imine (C=N–C) groups is 1. The molecule has 0 amide bonds. The summed E-state index contributed by atoms with van der Waals surface area (Å²) in [7, 11) is 0. The zero-order valence-corrected chi connectivity index (χ0v) is 17.5. The minimum absolute atomic E-state index is 0.104. The van der Waals surface area contributed by atoms with Gasteiger partial charge in [0.1, 0.15) is 12.2 Å². The van der Waals surface area contributed by atoms with Crippen molar-refractivity contribution in [3.05, 3.63) is 61.4 Å². The molecule has 0 spiro atoms. The number of hydrogen-bond acceptors (Lipinski definition) is 5. The molecular formula is C21H17Cl2FN4O2. The minimum atomic E-state index is -0.678. The van der Waals surface area contributed by atoms with Crippen LogP contribution in [0.4, 0.5) is 21.5 Å². The van der Waals surface area contributed by atoms with Crippen molar-refractivity contribution in [3.8, 4) is 11.8 Å². The Kier molecular flexibility index (Phi) is 5.41. The third-order valence-electron chi connectivity index (χ3n) is 5.26. The Morgan fingerprint density at radius 2 is 2.13 bits per heavy atom. The summed E-state index contributed by atoms with van der Waals surface area (Å²) >= 11 is 11.9. The van der Waals surface area contributed by atoms with Crippen LogP contribution in [0.1, 0.15) is 24.5 Å². The number of nitrogens with zero attached hydrogens (tertiary/aromatic N) is 3. The summed E-state index contributed by atoms with van der Waals surface area (Å²) in [6.45, 7) is 3.74. The van der Waals surface area contributed by atoms with Gasteiger partial charge in [-0.3, -0.25) is 15.1 Å². The molecule has 9 heteroatoms. The molecule has 0 aromatic heterocycles. The lowest BCUT2D eigenvalue weighted by molar-refractivity contribution is -0.385. The predicted molar refractivity (Wildman–Crippen MR) is 117 cm³/mol. The molecule has 2 aromatic rings. The van der Waals surface area contributed by atoms with Crippen molar-refractivity contribution in [3.63, 3.8) is 0 Å². The van der Waals surface area contributed by atoms with Crippen molar-refractivity contribution in [1.29, 1.82) is 0 Å². The maximum absolute atomic E-state index is 14.8. The largest absolute Gasteiger partial charge is 0.318 e. The van der Waals surface area contributed by atoms with Crippen LogP contribution in [0.2, 0.25) is 10.0 Å².